The van der Waals surface area contributed by atoms with E-state index in [4.69, 9.17) is 0 Å². The topological polar surface area (TPSA) is 24.9 Å². The number of aromatic nitrogens is 1. The van der Waals surface area contributed by atoms with Crippen LogP contribution in [0.5, 0.6) is 0 Å². The number of rotatable bonds is 5. The van der Waals surface area contributed by atoms with Gasteiger partial charge in [-0.05, 0) is 43.0 Å². The fourth-order valence-corrected chi connectivity index (χ4v) is 1.79. The van der Waals surface area contributed by atoms with Gasteiger partial charge in [-0.25, -0.2) is 4.98 Å². The molecule has 1 aromatic heterocycles. The molecule has 0 fully saturated rings. The van der Waals surface area contributed by atoms with Crippen molar-refractivity contribution in [3.63, 3.8) is 0 Å². The maximum absolute atomic E-state index is 4.27. The number of nitrogens with zero attached hydrogens (tertiary/aromatic N) is 1. The Hall–Kier alpha value is -1.83. The molecule has 0 aliphatic heterocycles. The minimum Gasteiger partial charge on any atom is -0.370 e. The van der Waals surface area contributed by atoms with Gasteiger partial charge >= 0.3 is 0 Å². The maximum Gasteiger partial charge on any atom is 0.126 e. The third kappa shape index (κ3) is 3.91. The maximum atomic E-state index is 4.27. The highest BCUT2D eigenvalue weighted by Crippen LogP contribution is 2.06. The summed E-state index contributed by atoms with van der Waals surface area (Å²) in [4.78, 5) is 4.27. The summed E-state index contributed by atoms with van der Waals surface area (Å²) in [5.41, 5.74) is 2.64. The predicted molar refractivity (Wildman–Crippen MR) is 72.2 cm³/mol. The summed E-state index contributed by atoms with van der Waals surface area (Å²) < 4.78 is 0. The molecule has 0 bridgehead atoms. The van der Waals surface area contributed by atoms with Gasteiger partial charge < -0.3 is 5.32 Å². The van der Waals surface area contributed by atoms with Crippen LogP contribution in [0, 0.1) is 6.92 Å². The Balaban J connectivity index is 1.73. The van der Waals surface area contributed by atoms with Crippen molar-refractivity contribution in [2.45, 2.75) is 19.8 Å². The lowest BCUT2D eigenvalue weighted by atomic mass is 10.1. The van der Waals surface area contributed by atoms with E-state index in [2.05, 4.69) is 53.6 Å². The Kier molecular flexibility index (Phi) is 4.14. The zero-order chi connectivity index (χ0) is 11.9. The smallest absolute Gasteiger partial charge is 0.126 e. The van der Waals surface area contributed by atoms with Gasteiger partial charge in [0.05, 0.1) is 0 Å². The molecule has 1 N–H and O–H groups in total. The molecule has 88 valence electrons. The summed E-state index contributed by atoms with van der Waals surface area (Å²) >= 11 is 0. The van der Waals surface area contributed by atoms with E-state index in [1.54, 1.807) is 0 Å². The van der Waals surface area contributed by atoms with Gasteiger partial charge in [0.25, 0.3) is 0 Å². The van der Waals surface area contributed by atoms with Gasteiger partial charge in [-0.2, -0.15) is 0 Å². The van der Waals surface area contributed by atoms with Gasteiger partial charge in [0.1, 0.15) is 5.82 Å². The third-order valence-corrected chi connectivity index (χ3v) is 2.71. The lowest BCUT2D eigenvalue weighted by Gasteiger charge is -2.06. The Morgan fingerprint density at radius 1 is 1.12 bits per heavy atom. The standard InChI is InChI=1S/C15H18N2/c1-13-9-11-17-15(12-13)16-10-5-8-14-6-3-2-4-7-14/h2-4,6-7,9,11-12H,5,8,10H2,1H3,(H,16,17). The van der Waals surface area contributed by atoms with Gasteiger partial charge in [-0.15, -0.1) is 0 Å². The predicted octanol–water partition coefficient (Wildman–Crippen LogP) is 3.43. The highest BCUT2D eigenvalue weighted by atomic mass is 15.0. The van der Waals surface area contributed by atoms with E-state index in [0.717, 1.165) is 25.2 Å². The molecule has 0 saturated heterocycles. The fraction of sp³-hybridized carbons (Fsp3) is 0.267. The molecule has 1 aromatic carbocycles. The van der Waals surface area contributed by atoms with Gasteiger partial charge in [0, 0.05) is 12.7 Å². The van der Waals surface area contributed by atoms with Crippen LogP contribution in [-0.4, -0.2) is 11.5 Å². The van der Waals surface area contributed by atoms with Crippen LogP contribution >= 0.6 is 0 Å². The van der Waals surface area contributed by atoms with Crippen LogP contribution < -0.4 is 5.32 Å². The van der Waals surface area contributed by atoms with Crippen LogP contribution in [0.3, 0.4) is 0 Å². The zero-order valence-electron chi connectivity index (χ0n) is 10.2. The number of benzene rings is 1. The van der Waals surface area contributed by atoms with Gasteiger partial charge in [0.15, 0.2) is 0 Å². The van der Waals surface area contributed by atoms with Gasteiger partial charge in [-0.1, -0.05) is 30.3 Å². The molecule has 0 aliphatic rings. The van der Waals surface area contributed by atoms with Crippen molar-refractivity contribution in [2.24, 2.45) is 0 Å². The molecule has 2 aromatic rings. The van der Waals surface area contributed by atoms with E-state index in [1.807, 2.05) is 12.3 Å². The second-order valence-corrected chi connectivity index (χ2v) is 4.23. The first-order valence-electron chi connectivity index (χ1n) is 6.05. The molecule has 1 heterocycles. The summed E-state index contributed by atoms with van der Waals surface area (Å²) in [6.45, 7) is 3.04. The first-order valence-corrected chi connectivity index (χ1v) is 6.05. The second kappa shape index (κ2) is 6.04. The van der Waals surface area contributed by atoms with E-state index < -0.39 is 0 Å². The normalized spacial score (nSPS) is 10.2. The molecule has 0 radical (unpaired) electrons. The molecule has 17 heavy (non-hydrogen) atoms. The fourth-order valence-electron chi connectivity index (χ4n) is 1.79. The second-order valence-electron chi connectivity index (χ2n) is 4.23. The first kappa shape index (κ1) is 11.6. The highest BCUT2D eigenvalue weighted by molar-refractivity contribution is 5.36. The van der Waals surface area contributed by atoms with Crippen LogP contribution in [0.25, 0.3) is 0 Å². The third-order valence-electron chi connectivity index (χ3n) is 2.71. The van der Waals surface area contributed by atoms with Crippen LogP contribution in [0.2, 0.25) is 0 Å². The number of anilines is 1. The number of pyridine rings is 1. The van der Waals surface area contributed by atoms with Crippen molar-refractivity contribution < 1.29 is 0 Å². The summed E-state index contributed by atoms with van der Waals surface area (Å²) in [5.74, 6) is 0.970. The van der Waals surface area contributed by atoms with E-state index >= 15 is 0 Å². The van der Waals surface area contributed by atoms with Crippen LogP contribution in [0.4, 0.5) is 5.82 Å². The van der Waals surface area contributed by atoms with Crippen molar-refractivity contribution in [2.75, 3.05) is 11.9 Å². The molecule has 0 amide bonds. The Morgan fingerprint density at radius 3 is 2.71 bits per heavy atom. The van der Waals surface area contributed by atoms with Crippen LogP contribution in [0.1, 0.15) is 17.5 Å². The average molecular weight is 226 g/mol. The molecular weight excluding hydrogens is 208 g/mol. The summed E-state index contributed by atoms with van der Waals surface area (Å²) in [6.07, 6.45) is 4.08. The van der Waals surface area contributed by atoms with Crippen molar-refractivity contribution >= 4 is 5.82 Å². The minimum absolute atomic E-state index is 0.964. The molecular formula is C15H18N2. The molecule has 0 atom stereocenters. The average Bonchev–Trinajstić information content (AvgIpc) is 2.36. The number of nitrogens with one attached hydrogen (secondary N) is 1. The molecule has 2 heteroatoms. The number of hydrogen-bond acceptors (Lipinski definition) is 2. The van der Waals surface area contributed by atoms with Gasteiger partial charge in [0.2, 0.25) is 0 Å². The minimum atomic E-state index is 0.964. The lowest BCUT2D eigenvalue weighted by molar-refractivity contribution is 0.859. The first-order chi connectivity index (χ1) is 8.34. The van der Waals surface area contributed by atoms with Crippen molar-refractivity contribution in [3.05, 3.63) is 59.8 Å². The van der Waals surface area contributed by atoms with Crippen molar-refractivity contribution in [1.29, 1.82) is 0 Å². The van der Waals surface area contributed by atoms with Crippen molar-refractivity contribution in [3.8, 4) is 0 Å². The largest absolute Gasteiger partial charge is 0.370 e. The van der Waals surface area contributed by atoms with Crippen LogP contribution in [0.15, 0.2) is 48.7 Å². The molecule has 0 saturated carbocycles. The summed E-state index contributed by atoms with van der Waals surface area (Å²) in [6, 6.07) is 14.7. The summed E-state index contributed by atoms with van der Waals surface area (Å²) in [5, 5.41) is 3.34. The zero-order valence-corrected chi connectivity index (χ0v) is 10.2. The van der Waals surface area contributed by atoms with E-state index in [1.165, 1.54) is 11.1 Å². The molecule has 2 rings (SSSR count). The van der Waals surface area contributed by atoms with E-state index in [-0.39, 0.29) is 0 Å². The Bertz CT molecular complexity index is 451. The van der Waals surface area contributed by atoms with E-state index in [0.29, 0.717) is 0 Å². The lowest BCUT2D eigenvalue weighted by Crippen LogP contribution is -2.04. The molecule has 0 spiro atoms. The van der Waals surface area contributed by atoms with Gasteiger partial charge in [-0.3, -0.25) is 0 Å². The van der Waals surface area contributed by atoms with E-state index in [9.17, 15) is 0 Å². The number of hydrogen-bond donors (Lipinski definition) is 1. The Labute approximate surface area is 103 Å². The molecule has 2 nitrogen and oxygen atoms in total. The quantitative estimate of drug-likeness (QED) is 0.790. The summed E-state index contributed by atoms with van der Waals surface area (Å²) in [7, 11) is 0. The monoisotopic (exact) mass is 226 g/mol. The SMILES string of the molecule is Cc1ccnc(NCCCc2ccccc2)c1. The van der Waals surface area contributed by atoms with Crippen molar-refractivity contribution in [1.82, 2.24) is 4.98 Å². The Morgan fingerprint density at radius 2 is 1.94 bits per heavy atom. The number of aryl methyl sites for hydroxylation is 2. The molecule has 0 unspecified atom stereocenters. The highest BCUT2D eigenvalue weighted by Gasteiger charge is 1.94. The van der Waals surface area contributed by atoms with Crippen LogP contribution in [-0.2, 0) is 6.42 Å². The molecule has 0 aliphatic carbocycles.